The maximum absolute atomic E-state index is 5.52. The molecule has 4 nitrogen and oxygen atoms in total. The summed E-state index contributed by atoms with van der Waals surface area (Å²) in [5.41, 5.74) is 2.00. The van der Waals surface area contributed by atoms with E-state index in [0.29, 0.717) is 6.61 Å². The number of ether oxygens (including phenoxy) is 1. The highest BCUT2D eigenvalue weighted by Crippen LogP contribution is 2.28. The number of pyridine rings is 1. The molecule has 0 aliphatic heterocycles. The van der Waals surface area contributed by atoms with Gasteiger partial charge in [-0.3, -0.25) is 9.67 Å². The van der Waals surface area contributed by atoms with Gasteiger partial charge in [-0.2, -0.15) is 5.10 Å². The molecule has 2 rings (SSSR count). The van der Waals surface area contributed by atoms with Crippen molar-refractivity contribution >= 4 is 0 Å². The number of aryl methyl sites for hydroxylation is 1. The lowest BCUT2D eigenvalue weighted by Gasteiger charge is -2.06. The molecule has 0 unspecified atom stereocenters. The van der Waals surface area contributed by atoms with Gasteiger partial charge < -0.3 is 4.74 Å². The summed E-state index contributed by atoms with van der Waals surface area (Å²) in [6, 6.07) is 1.87. The van der Waals surface area contributed by atoms with Crippen LogP contribution in [-0.2, 0) is 7.05 Å². The second-order valence-electron chi connectivity index (χ2n) is 3.21. The molecule has 2 heterocycles. The number of nitrogens with zero attached hydrogens (tertiary/aromatic N) is 3. The molecule has 4 heteroatoms. The second-order valence-corrected chi connectivity index (χ2v) is 3.21. The summed E-state index contributed by atoms with van der Waals surface area (Å²) in [6.45, 7) is 2.62. The van der Waals surface area contributed by atoms with Crippen molar-refractivity contribution in [2.75, 3.05) is 6.61 Å². The Kier molecular flexibility index (Phi) is 2.67. The Hall–Kier alpha value is -1.84. The van der Waals surface area contributed by atoms with Crippen molar-refractivity contribution in [1.29, 1.82) is 0 Å². The summed E-state index contributed by atoms with van der Waals surface area (Å²) in [5.74, 6) is 0.848. The highest BCUT2D eigenvalue weighted by Gasteiger charge is 2.07. The highest BCUT2D eigenvalue weighted by molar-refractivity contribution is 5.67. The van der Waals surface area contributed by atoms with Gasteiger partial charge in [-0.05, 0) is 13.0 Å². The predicted octanol–water partition coefficient (Wildman–Crippen LogP) is 1.88. The molecule has 0 fully saturated rings. The monoisotopic (exact) mass is 203 g/mol. The first kappa shape index (κ1) is 9.71. The molecular formula is C11H13N3O. The van der Waals surface area contributed by atoms with E-state index >= 15 is 0 Å². The van der Waals surface area contributed by atoms with Gasteiger partial charge in [0.25, 0.3) is 0 Å². The van der Waals surface area contributed by atoms with Gasteiger partial charge in [-0.25, -0.2) is 0 Å². The Morgan fingerprint density at radius 3 is 2.93 bits per heavy atom. The molecule has 78 valence electrons. The predicted molar refractivity (Wildman–Crippen MR) is 57.6 cm³/mol. The lowest BCUT2D eigenvalue weighted by molar-refractivity contribution is 0.341. The standard InChI is InChI=1S/C11H13N3O/c1-3-15-11-4-5-12-7-10(11)9-6-13-14(2)8-9/h4-8H,3H2,1-2H3. The number of rotatable bonds is 3. The van der Waals surface area contributed by atoms with Crippen molar-refractivity contribution in [3.63, 3.8) is 0 Å². The molecular weight excluding hydrogens is 190 g/mol. The van der Waals surface area contributed by atoms with E-state index in [-0.39, 0.29) is 0 Å². The third kappa shape index (κ3) is 1.98. The van der Waals surface area contributed by atoms with Crippen LogP contribution in [-0.4, -0.2) is 21.4 Å². The van der Waals surface area contributed by atoms with Crippen molar-refractivity contribution in [2.24, 2.45) is 7.05 Å². The van der Waals surface area contributed by atoms with Gasteiger partial charge >= 0.3 is 0 Å². The molecule has 0 aromatic carbocycles. The van der Waals surface area contributed by atoms with Crippen LogP contribution in [0.2, 0.25) is 0 Å². The minimum Gasteiger partial charge on any atom is -0.493 e. The Bertz CT molecular complexity index is 451. The van der Waals surface area contributed by atoms with Crippen LogP contribution in [0.1, 0.15) is 6.92 Å². The van der Waals surface area contributed by atoms with Crippen molar-refractivity contribution in [2.45, 2.75) is 6.92 Å². The lowest BCUT2D eigenvalue weighted by atomic mass is 10.1. The molecule has 0 amide bonds. The van der Waals surface area contributed by atoms with E-state index in [1.54, 1.807) is 23.3 Å². The molecule has 15 heavy (non-hydrogen) atoms. The number of hydrogen-bond acceptors (Lipinski definition) is 3. The van der Waals surface area contributed by atoms with E-state index in [2.05, 4.69) is 10.1 Å². The topological polar surface area (TPSA) is 39.9 Å². The molecule has 0 spiro atoms. The van der Waals surface area contributed by atoms with Crippen LogP contribution in [0.15, 0.2) is 30.9 Å². The fraction of sp³-hybridized carbons (Fsp3) is 0.273. The van der Waals surface area contributed by atoms with E-state index in [4.69, 9.17) is 4.74 Å². The quantitative estimate of drug-likeness (QED) is 0.764. The number of aromatic nitrogens is 3. The lowest BCUT2D eigenvalue weighted by Crippen LogP contribution is -1.94. The molecule has 0 atom stereocenters. The first-order chi connectivity index (χ1) is 7.31. The van der Waals surface area contributed by atoms with Crippen molar-refractivity contribution in [3.8, 4) is 16.9 Å². The summed E-state index contributed by atoms with van der Waals surface area (Å²) in [7, 11) is 1.89. The maximum atomic E-state index is 5.52. The van der Waals surface area contributed by atoms with Crippen molar-refractivity contribution in [3.05, 3.63) is 30.9 Å². The Labute approximate surface area is 88.5 Å². The van der Waals surface area contributed by atoms with Gasteiger partial charge in [0, 0.05) is 36.8 Å². The van der Waals surface area contributed by atoms with E-state index < -0.39 is 0 Å². The molecule has 0 saturated carbocycles. The SMILES string of the molecule is CCOc1ccncc1-c1cnn(C)c1. The fourth-order valence-corrected chi connectivity index (χ4v) is 1.44. The zero-order valence-corrected chi connectivity index (χ0v) is 8.84. The van der Waals surface area contributed by atoms with Gasteiger partial charge in [-0.15, -0.1) is 0 Å². The average Bonchev–Trinajstić information content (AvgIpc) is 2.66. The second kappa shape index (κ2) is 4.13. The van der Waals surface area contributed by atoms with Crippen LogP contribution in [0.5, 0.6) is 5.75 Å². The summed E-state index contributed by atoms with van der Waals surface area (Å²) < 4.78 is 7.29. The van der Waals surface area contributed by atoms with Gasteiger partial charge in [0.05, 0.1) is 12.8 Å². The summed E-state index contributed by atoms with van der Waals surface area (Å²) in [5, 5.41) is 4.13. The smallest absolute Gasteiger partial charge is 0.130 e. The van der Waals surface area contributed by atoms with Gasteiger partial charge in [0.1, 0.15) is 5.75 Å². The van der Waals surface area contributed by atoms with Gasteiger partial charge in [0.2, 0.25) is 0 Å². The minimum atomic E-state index is 0.650. The molecule has 0 bridgehead atoms. The van der Waals surface area contributed by atoms with Crippen LogP contribution < -0.4 is 4.74 Å². The van der Waals surface area contributed by atoms with Crippen molar-refractivity contribution in [1.82, 2.24) is 14.8 Å². The molecule has 0 aliphatic rings. The first-order valence-corrected chi connectivity index (χ1v) is 4.87. The molecule has 0 saturated heterocycles. The third-order valence-corrected chi connectivity index (χ3v) is 2.10. The van der Waals surface area contributed by atoms with Crippen molar-refractivity contribution < 1.29 is 4.74 Å². The summed E-state index contributed by atoms with van der Waals surface area (Å²) in [4.78, 5) is 4.10. The zero-order valence-electron chi connectivity index (χ0n) is 8.84. The van der Waals surface area contributed by atoms with Crippen LogP contribution in [0, 0.1) is 0 Å². The van der Waals surface area contributed by atoms with Crippen LogP contribution in [0.3, 0.4) is 0 Å². The molecule has 0 radical (unpaired) electrons. The maximum Gasteiger partial charge on any atom is 0.130 e. The zero-order chi connectivity index (χ0) is 10.7. The highest BCUT2D eigenvalue weighted by atomic mass is 16.5. The number of hydrogen-bond donors (Lipinski definition) is 0. The Morgan fingerprint density at radius 1 is 1.40 bits per heavy atom. The average molecular weight is 203 g/mol. The molecule has 2 aromatic rings. The van der Waals surface area contributed by atoms with E-state index in [0.717, 1.165) is 16.9 Å². The van der Waals surface area contributed by atoms with E-state index in [1.807, 2.05) is 26.2 Å². The summed E-state index contributed by atoms with van der Waals surface area (Å²) >= 11 is 0. The summed E-state index contributed by atoms with van der Waals surface area (Å²) in [6.07, 6.45) is 7.27. The Balaban J connectivity index is 2.42. The van der Waals surface area contributed by atoms with Crippen LogP contribution in [0.4, 0.5) is 0 Å². The Morgan fingerprint density at radius 2 is 2.27 bits per heavy atom. The van der Waals surface area contributed by atoms with Crippen LogP contribution >= 0.6 is 0 Å². The minimum absolute atomic E-state index is 0.650. The van der Waals surface area contributed by atoms with E-state index in [9.17, 15) is 0 Å². The normalized spacial score (nSPS) is 10.3. The van der Waals surface area contributed by atoms with Gasteiger partial charge in [0.15, 0.2) is 0 Å². The third-order valence-electron chi connectivity index (χ3n) is 2.10. The fourth-order valence-electron chi connectivity index (χ4n) is 1.44. The van der Waals surface area contributed by atoms with Crippen LogP contribution in [0.25, 0.3) is 11.1 Å². The van der Waals surface area contributed by atoms with Gasteiger partial charge in [-0.1, -0.05) is 0 Å². The molecule has 2 aromatic heterocycles. The van der Waals surface area contributed by atoms with E-state index in [1.165, 1.54) is 0 Å². The first-order valence-electron chi connectivity index (χ1n) is 4.87. The molecule has 0 N–H and O–H groups in total. The largest absolute Gasteiger partial charge is 0.493 e. The molecule has 0 aliphatic carbocycles.